The number of hydrogen-bond donors (Lipinski definition) is 2. The molecule has 0 saturated heterocycles. The average molecular weight is 275 g/mol. The van der Waals surface area contributed by atoms with Crippen molar-refractivity contribution in [2.45, 2.75) is 12.2 Å². The number of nitrogens with two attached hydrogens (primary N) is 1. The highest BCUT2D eigenvalue weighted by molar-refractivity contribution is 7.86. The lowest BCUT2D eigenvalue weighted by Crippen LogP contribution is -2.29. The van der Waals surface area contributed by atoms with Crippen LogP contribution in [-0.2, 0) is 15.6 Å². The van der Waals surface area contributed by atoms with Gasteiger partial charge in [-0.05, 0) is 25.1 Å². The quantitative estimate of drug-likeness (QED) is 0.852. The molecular formula is C11H15ClN2O2S. The summed E-state index contributed by atoms with van der Waals surface area (Å²) in [7, 11) is -1.24. The second-order valence-electron chi connectivity index (χ2n) is 3.63. The van der Waals surface area contributed by atoms with Gasteiger partial charge >= 0.3 is 0 Å². The van der Waals surface area contributed by atoms with E-state index in [1.165, 1.54) is 0 Å². The summed E-state index contributed by atoms with van der Waals surface area (Å²) in [5.41, 5.74) is 5.98. The summed E-state index contributed by atoms with van der Waals surface area (Å²) < 4.78 is 11.6. The minimum absolute atomic E-state index is 0.0507. The number of rotatable bonds is 5. The van der Waals surface area contributed by atoms with Crippen molar-refractivity contribution in [2.75, 3.05) is 17.6 Å². The zero-order valence-corrected chi connectivity index (χ0v) is 11.1. The molecule has 0 aliphatic heterocycles. The van der Waals surface area contributed by atoms with E-state index in [0.717, 1.165) is 0 Å². The molecule has 1 amide bonds. The molecule has 2 atom stereocenters. The number of halogens is 1. The number of amides is 1. The fourth-order valence-electron chi connectivity index (χ4n) is 1.14. The molecule has 1 aromatic rings. The number of carbonyl (C=O) groups is 1. The van der Waals surface area contributed by atoms with Crippen molar-refractivity contribution in [3.63, 3.8) is 0 Å². The minimum atomic E-state index is -1.24. The predicted molar refractivity (Wildman–Crippen MR) is 71.6 cm³/mol. The molecule has 0 radical (unpaired) electrons. The summed E-state index contributed by atoms with van der Waals surface area (Å²) in [5, 5.41) is 3.00. The zero-order chi connectivity index (χ0) is 12.8. The predicted octanol–water partition coefficient (Wildman–Crippen LogP) is 1.37. The average Bonchev–Trinajstić information content (AvgIpc) is 2.27. The van der Waals surface area contributed by atoms with E-state index in [0.29, 0.717) is 17.3 Å². The van der Waals surface area contributed by atoms with Crippen LogP contribution in [0.1, 0.15) is 6.92 Å². The highest BCUT2D eigenvalue weighted by Gasteiger charge is 2.13. The molecular weight excluding hydrogens is 260 g/mol. The van der Waals surface area contributed by atoms with Gasteiger partial charge in [-0.2, -0.15) is 0 Å². The van der Waals surface area contributed by atoms with Gasteiger partial charge in [-0.1, -0.05) is 17.7 Å². The molecule has 17 heavy (non-hydrogen) atoms. The summed E-state index contributed by atoms with van der Waals surface area (Å²) in [6.45, 7) is 2.06. The van der Waals surface area contributed by atoms with E-state index in [4.69, 9.17) is 17.3 Å². The van der Waals surface area contributed by atoms with Crippen molar-refractivity contribution in [3.05, 3.63) is 29.3 Å². The van der Waals surface area contributed by atoms with Gasteiger partial charge in [0.2, 0.25) is 5.91 Å². The first-order valence-corrected chi connectivity index (χ1v) is 6.91. The Morgan fingerprint density at radius 1 is 1.59 bits per heavy atom. The van der Waals surface area contributed by atoms with E-state index in [9.17, 15) is 9.00 Å². The van der Waals surface area contributed by atoms with Crippen molar-refractivity contribution in [2.24, 2.45) is 5.73 Å². The van der Waals surface area contributed by atoms with E-state index >= 15 is 0 Å². The van der Waals surface area contributed by atoms with Crippen LogP contribution in [0.3, 0.4) is 0 Å². The Labute approximate surface area is 108 Å². The minimum Gasteiger partial charge on any atom is -0.329 e. The van der Waals surface area contributed by atoms with Crippen LogP contribution in [0.5, 0.6) is 0 Å². The number of carbonyl (C=O) groups excluding carboxylic acids is 1. The summed E-state index contributed by atoms with van der Waals surface area (Å²) in [5.74, 6) is -0.351. The lowest BCUT2D eigenvalue weighted by Gasteiger charge is -2.09. The number of benzene rings is 1. The summed E-state index contributed by atoms with van der Waals surface area (Å²) in [6, 6.07) is 6.80. The van der Waals surface area contributed by atoms with Gasteiger partial charge < -0.3 is 11.1 Å². The van der Waals surface area contributed by atoms with E-state index < -0.39 is 10.8 Å². The number of hydrogen-bond acceptors (Lipinski definition) is 3. The van der Waals surface area contributed by atoms with Gasteiger partial charge in [-0.3, -0.25) is 9.00 Å². The smallest absolute Gasteiger partial charge is 0.237 e. The fraction of sp³-hybridized carbons (Fsp3) is 0.364. The second-order valence-corrected chi connectivity index (χ2v) is 5.92. The van der Waals surface area contributed by atoms with Crippen molar-refractivity contribution in [1.82, 2.24) is 0 Å². The number of anilines is 1. The Balaban J connectivity index is 2.53. The molecule has 4 nitrogen and oxygen atoms in total. The Kier molecular flexibility index (Phi) is 5.61. The van der Waals surface area contributed by atoms with E-state index in [2.05, 4.69) is 5.32 Å². The Bertz CT molecular complexity index is 426. The standard InChI is InChI=1S/C11H15ClN2O2S/c1-8(6-13)17(16)7-11(15)14-10-4-2-3-9(12)5-10/h2-5,8H,6-7,13H2,1H3,(H,14,15). The molecule has 0 saturated carbocycles. The lowest BCUT2D eigenvalue weighted by atomic mass is 10.3. The zero-order valence-electron chi connectivity index (χ0n) is 9.48. The van der Waals surface area contributed by atoms with Gasteiger partial charge in [0.15, 0.2) is 0 Å². The van der Waals surface area contributed by atoms with E-state index in [1.807, 2.05) is 0 Å². The molecule has 0 aliphatic rings. The molecule has 0 aliphatic carbocycles. The SMILES string of the molecule is CC(CN)S(=O)CC(=O)Nc1cccc(Cl)c1. The van der Waals surface area contributed by atoms with Gasteiger partial charge in [0.1, 0.15) is 5.75 Å². The van der Waals surface area contributed by atoms with Crippen LogP contribution in [-0.4, -0.2) is 27.7 Å². The van der Waals surface area contributed by atoms with Gasteiger partial charge in [0.25, 0.3) is 0 Å². The highest BCUT2D eigenvalue weighted by Crippen LogP contribution is 2.14. The molecule has 94 valence electrons. The van der Waals surface area contributed by atoms with E-state index in [1.54, 1.807) is 31.2 Å². The van der Waals surface area contributed by atoms with Crippen molar-refractivity contribution >= 4 is 34.0 Å². The normalized spacial score (nSPS) is 14.1. The maximum Gasteiger partial charge on any atom is 0.237 e. The molecule has 0 aromatic heterocycles. The first kappa shape index (κ1) is 14.2. The van der Waals surface area contributed by atoms with Crippen LogP contribution in [0.15, 0.2) is 24.3 Å². The van der Waals surface area contributed by atoms with Gasteiger partial charge in [0.05, 0.1) is 0 Å². The molecule has 6 heteroatoms. The molecule has 1 aromatic carbocycles. The van der Waals surface area contributed by atoms with Crippen LogP contribution < -0.4 is 11.1 Å². The molecule has 0 heterocycles. The maximum atomic E-state index is 11.6. The highest BCUT2D eigenvalue weighted by atomic mass is 35.5. The van der Waals surface area contributed by atoms with Gasteiger partial charge in [-0.25, -0.2) is 0 Å². The molecule has 3 N–H and O–H groups in total. The van der Waals surface area contributed by atoms with Gasteiger partial charge in [-0.15, -0.1) is 0 Å². The monoisotopic (exact) mass is 274 g/mol. The third-order valence-corrected chi connectivity index (χ3v) is 4.03. The largest absolute Gasteiger partial charge is 0.329 e. The third-order valence-electron chi connectivity index (χ3n) is 2.16. The summed E-state index contributed by atoms with van der Waals surface area (Å²) >= 11 is 5.78. The Morgan fingerprint density at radius 3 is 2.88 bits per heavy atom. The van der Waals surface area contributed by atoms with Crippen LogP contribution in [0, 0.1) is 0 Å². The molecule has 0 spiro atoms. The first-order valence-electron chi connectivity index (χ1n) is 5.15. The third kappa shape index (κ3) is 4.85. The van der Waals surface area contributed by atoms with Crippen LogP contribution in [0.25, 0.3) is 0 Å². The topological polar surface area (TPSA) is 72.2 Å². The number of nitrogens with one attached hydrogen (secondary N) is 1. The molecule has 0 fully saturated rings. The first-order chi connectivity index (χ1) is 8.02. The van der Waals surface area contributed by atoms with Crippen LogP contribution >= 0.6 is 11.6 Å². The van der Waals surface area contributed by atoms with Crippen molar-refractivity contribution in [1.29, 1.82) is 0 Å². The van der Waals surface area contributed by atoms with Crippen molar-refractivity contribution in [3.8, 4) is 0 Å². The van der Waals surface area contributed by atoms with E-state index in [-0.39, 0.29) is 16.9 Å². The van der Waals surface area contributed by atoms with Gasteiger partial charge in [0, 0.05) is 33.3 Å². The van der Waals surface area contributed by atoms with Crippen LogP contribution in [0.4, 0.5) is 5.69 Å². The lowest BCUT2D eigenvalue weighted by molar-refractivity contribution is -0.113. The summed E-state index contributed by atoms with van der Waals surface area (Å²) in [4.78, 5) is 11.6. The Hall–Kier alpha value is -0.910. The maximum absolute atomic E-state index is 11.6. The van der Waals surface area contributed by atoms with Crippen LogP contribution in [0.2, 0.25) is 5.02 Å². The fourth-order valence-corrected chi connectivity index (χ4v) is 2.16. The molecule has 1 rings (SSSR count). The molecule has 0 bridgehead atoms. The van der Waals surface area contributed by atoms with Crippen molar-refractivity contribution < 1.29 is 9.00 Å². The second kappa shape index (κ2) is 6.74. The summed E-state index contributed by atoms with van der Waals surface area (Å²) in [6.07, 6.45) is 0. The Morgan fingerprint density at radius 2 is 2.29 bits per heavy atom. The molecule has 2 unspecified atom stereocenters.